The fourth-order valence-electron chi connectivity index (χ4n) is 1.95. The predicted octanol–water partition coefficient (Wildman–Crippen LogP) is 2.88. The van der Waals surface area contributed by atoms with Gasteiger partial charge in [0.2, 0.25) is 0 Å². The van der Waals surface area contributed by atoms with Gasteiger partial charge in [0.15, 0.2) is 0 Å². The second-order valence-corrected chi connectivity index (χ2v) is 4.78. The highest BCUT2D eigenvalue weighted by atomic mass is 16.5. The number of carbonyl (C=O) groups is 1. The molecule has 0 bridgehead atoms. The summed E-state index contributed by atoms with van der Waals surface area (Å²) in [4.78, 5) is 14.4. The van der Waals surface area contributed by atoms with Gasteiger partial charge in [0, 0.05) is 11.4 Å². The van der Waals surface area contributed by atoms with Gasteiger partial charge in [-0.15, -0.1) is 0 Å². The number of aromatic nitrogens is 1. The average molecular weight is 258 g/mol. The van der Waals surface area contributed by atoms with Crippen LogP contribution in [-0.4, -0.2) is 17.0 Å². The van der Waals surface area contributed by atoms with E-state index >= 15 is 0 Å². The van der Waals surface area contributed by atoms with Crippen molar-refractivity contribution in [2.75, 3.05) is 0 Å². The van der Waals surface area contributed by atoms with E-state index in [-0.39, 0.29) is 6.10 Å². The minimum atomic E-state index is -0.417. The smallest absolute Gasteiger partial charge is 0.250 e. The number of primary amides is 1. The van der Waals surface area contributed by atoms with Crippen molar-refractivity contribution in [2.24, 2.45) is 5.73 Å². The van der Waals surface area contributed by atoms with Gasteiger partial charge in [0.1, 0.15) is 5.75 Å². The molecule has 1 aromatic heterocycles. The Kier molecular flexibility index (Phi) is 3.60. The Morgan fingerprint density at radius 3 is 2.37 bits per heavy atom. The summed E-state index contributed by atoms with van der Waals surface area (Å²) in [5.41, 5.74) is 8.48. The lowest BCUT2D eigenvalue weighted by Crippen LogP contribution is -2.10. The van der Waals surface area contributed by atoms with Gasteiger partial charge in [0.05, 0.1) is 11.7 Å². The van der Waals surface area contributed by atoms with Crippen LogP contribution in [0.4, 0.5) is 0 Å². The van der Waals surface area contributed by atoms with Crippen LogP contribution in [0.1, 0.15) is 29.9 Å². The van der Waals surface area contributed by atoms with Gasteiger partial charge in [-0.05, 0) is 56.7 Å². The number of carbonyl (C=O) groups excluding carboxylic acids is 1. The number of nitrogens with two attached hydrogens (primary N) is 1. The van der Waals surface area contributed by atoms with E-state index < -0.39 is 5.91 Å². The van der Waals surface area contributed by atoms with Crippen molar-refractivity contribution < 1.29 is 9.53 Å². The molecule has 1 amide bonds. The molecule has 2 aromatic rings. The average Bonchev–Trinajstić information content (AvgIpc) is 2.71. The molecule has 0 aliphatic rings. The molecule has 100 valence electrons. The van der Waals surface area contributed by atoms with E-state index in [2.05, 4.69) is 4.98 Å². The SMILES string of the molecule is Cc1[nH]c(-c2ccc(OC(C)C)cc2)cc1C(N)=O. The molecule has 4 heteroatoms. The van der Waals surface area contributed by atoms with Crippen molar-refractivity contribution in [3.63, 3.8) is 0 Å². The summed E-state index contributed by atoms with van der Waals surface area (Å²) in [7, 11) is 0. The highest BCUT2D eigenvalue weighted by molar-refractivity contribution is 5.95. The monoisotopic (exact) mass is 258 g/mol. The molecule has 19 heavy (non-hydrogen) atoms. The molecule has 1 aromatic carbocycles. The minimum absolute atomic E-state index is 0.153. The maximum atomic E-state index is 11.2. The molecule has 0 aliphatic carbocycles. The molecule has 0 spiro atoms. The van der Waals surface area contributed by atoms with Crippen molar-refractivity contribution in [1.29, 1.82) is 0 Å². The van der Waals surface area contributed by atoms with Gasteiger partial charge in [0.25, 0.3) is 5.91 Å². The van der Waals surface area contributed by atoms with Crippen LogP contribution in [0.15, 0.2) is 30.3 Å². The zero-order chi connectivity index (χ0) is 14.0. The van der Waals surface area contributed by atoms with E-state index in [4.69, 9.17) is 10.5 Å². The number of rotatable bonds is 4. The molecule has 0 atom stereocenters. The maximum absolute atomic E-state index is 11.2. The second-order valence-electron chi connectivity index (χ2n) is 4.78. The van der Waals surface area contributed by atoms with Crippen molar-refractivity contribution in [2.45, 2.75) is 26.9 Å². The molecule has 0 radical (unpaired) electrons. The van der Waals surface area contributed by atoms with Crippen molar-refractivity contribution >= 4 is 5.91 Å². The zero-order valence-electron chi connectivity index (χ0n) is 11.4. The minimum Gasteiger partial charge on any atom is -0.491 e. The second kappa shape index (κ2) is 5.18. The number of benzene rings is 1. The van der Waals surface area contributed by atoms with Crippen LogP contribution in [0.2, 0.25) is 0 Å². The Hall–Kier alpha value is -2.23. The number of hydrogen-bond donors (Lipinski definition) is 2. The number of hydrogen-bond acceptors (Lipinski definition) is 2. The van der Waals surface area contributed by atoms with Crippen LogP contribution in [0.25, 0.3) is 11.3 Å². The summed E-state index contributed by atoms with van der Waals surface area (Å²) in [5.74, 6) is 0.414. The molecular weight excluding hydrogens is 240 g/mol. The van der Waals surface area contributed by atoms with Gasteiger partial charge in [-0.1, -0.05) is 0 Å². The molecule has 2 rings (SSSR count). The lowest BCUT2D eigenvalue weighted by atomic mass is 10.1. The molecule has 0 aliphatic heterocycles. The first-order valence-electron chi connectivity index (χ1n) is 6.24. The number of H-pyrrole nitrogens is 1. The summed E-state index contributed by atoms with van der Waals surface area (Å²) >= 11 is 0. The Morgan fingerprint density at radius 2 is 1.89 bits per heavy atom. The molecule has 0 saturated carbocycles. The Labute approximate surface area is 112 Å². The predicted molar refractivity (Wildman–Crippen MR) is 75.2 cm³/mol. The van der Waals surface area contributed by atoms with E-state index in [1.54, 1.807) is 6.07 Å². The topological polar surface area (TPSA) is 68.1 Å². The molecule has 4 nitrogen and oxygen atoms in total. The first-order chi connectivity index (χ1) is 8.97. The molecule has 1 heterocycles. The highest BCUT2D eigenvalue weighted by Crippen LogP contribution is 2.24. The van der Waals surface area contributed by atoms with Gasteiger partial charge in [-0.2, -0.15) is 0 Å². The zero-order valence-corrected chi connectivity index (χ0v) is 11.4. The maximum Gasteiger partial charge on any atom is 0.250 e. The van der Waals surface area contributed by atoms with E-state index in [9.17, 15) is 4.79 Å². The Bertz CT molecular complexity index is 583. The largest absolute Gasteiger partial charge is 0.491 e. The Balaban J connectivity index is 2.27. The molecule has 0 saturated heterocycles. The van der Waals surface area contributed by atoms with Crippen molar-refractivity contribution in [3.05, 3.63) is 41.6 Å². The Morgan fingerprint density at radius 1 is 1.26 bits per heavy atom. The first-order valence-corrected chi connectivity index (χ1v) is 6.24. The van der Waals surface area contributed by atoms with Crippen LogP contribution in [0, 0.1) is 6.92 Å². The van der Waals surface area contributed by atoms with Crippen molar-refractivity contribution in [1.82, 2.24) is 4.98 Å². The molecule has 0 fully saturated rings. The molecule has 3 N–H and O–H groups in total. The first kappa shape index (κ1) is 13.2. The van der Waals surface area contributed by atoms with Crippen LogP contribution < -0.4 is 10.5 Å². The van der Waals surface area contributed by atoms with Crippen LogP contribution in [-0.2, 0) is 0 Å². The van der Waals surface area contributed by atoms with Crippen LogP contribution >= 0.6 is 0 Å². The fraction of sp³-hybridized carbons (Fsp3) is 0.267. The summed E-state index contributed by atoms with van der Waals surface area (Å²) in [6.45, 7) is 5.81. The number of amides is 1. The van der Waals surface area contributed by atoms with Crippen LogP contribution in [0.5, 0.6) is 5.75 Å². The van der Waals surface area contributed by atoms with Gasteiger partial charge in [-0.25, -0.2) is 0 Å². The van der Waals surface area contributed by atoms with E-state index in [1.807, 2.05) is 45.0 Å². The third kappa shape index (κ3) is 2.96. The van der Waals surface area contributed by atoms with Crippen molar-refractivity contribution in [3.8, 4) is 17.0 Å². The highest BCUT2D eigenvalue weighted by Gasteiger charge is 2.10. The summed E-state index contributed by atoms with van der Waals surface area (Å²) < 4.78 is 5.59. The third-order valence-electron chi connectivity index (χ3n) is 2.82. The summed E-state index contributed by atoms with van der Waals surface area (Å²) in [6, 6.07) is 9.50. The normalized spacial score (nSPS) is 10.7. The van der Waals surface area contributed by atoms with E-state index in [0.29, 0.717) is 5.56 Å². The number of ether oxygens (including phenoxy) is 1. The number of aromatic amines is 1. The standard InChI is InChI=1S/C15H18N2O2/c1-9(2)19-12-6-4-11(5-7-12)14-8-13(15(16)18)10(3)17-14/h4-9,17H,1-3H3,(H2,16,18). The molecule has 0 unspecified atom stereocenters. The lowest BCUT2D eigenvalue weighted by molar-refractivity contribution is 0.1000. The number of aryl methyl sites for hydroxylation is 1. The number of nitrogens with one attached hydrogen (secondary N) is 1. The third-order valence-corrected chi connectivity index (χ3v) is 2.82. The van der Waals surface area contributed by atoms with E-state index in [0.717, 1.165) is 22.7 Å². The fourth-order valence-corrected chi connectivity index (χ4v) is 1.95. The quantitative estimate of drug-likeness (QED) is 0.885. The molecular formula is C15H18N2O2. The van der Waals surface area contributed by atoms with Gasteiger partial charge in [-0.3, -0.25) is 4.79 Å². The van der Waals surface area contributed by atoms with Gasteiger partial charge >= 0.3 is 0 Å². The summed E-state index contributed by atoms with van der Waals surface area (Å²) in [5, 5.41) is 0. The van der Waals surface area contributed by atoms with Gasteiger partial charge < -0.3 is 15.5 Å². The lowest BCUT2D eigenvalue weighted by Gasteiger charge is -2.09. The summed E-state index contributed by atoms with van der Waals surface area (Å²) in [6.07, 6.45) is 0.153. The van der Waals surface area contributed by atoms with Crippen LogP contribution in [0.3, 0.4) is 0 Å². The van der Waals surface area contributed by atoms with E-state index in [1.165, 1.54) is 0 Å².